The molecule has 0 bridgehead atoms. The molecule has 2 nitrogen and oxygen atoms in total. The number of hydrogen-bond acceptors (Lipinski definition) is 3. The van der Waals surface area contributed by atoms with Crippen LogP contribution in [0, 0.1) is 0 Å². The molecule has 0 aromatic rings. The first-order valence-electron chi connectivity index (χ1n) is 3.05. The molecule has 0 saturated heterocycles. The molecule has 54 valence electrons. The van der Waals surface area contributed by atoms with Gasteiger partial charge in [0.1, 0.15) is 0 Å². The van der Waals surface area contributed by atoms with Crippen LogP contribution in [0.4, 0.5) is 0 Å². The largest absolute Gasteiger partial charge is 1.00 e. The zero-order valence-electron chi connectivity index (χ0n) is 6.55. The Morgan fingerprint density at radius 3 is 2.50 bits per heavy atom. The standard InChI is InChI=1S/C6H12O2S.Li/c1-2-4-9-5-3-6(7)8;/h2-5H2,1H3,(H,7,8);/q;+1/p-1. The Labute approximate surface area is 77.9 Å². The molecular weight excluding hydrogens is 143 g/mol. The van der Waals surface area contributed by atoms with Gasteiger partial charge in [0.25, 0.3) is 0 Å². The summed E-state index contributed by atoms with van der Waals surface area (Å²) in [6.45, 7) is 2.08. The Morgan fingerprint density at radius 1 is 1.50 bits per heavy atom. The summed E-state index contributed by atoms with van der Waals surface area (Å²) in [7, 11) is 0. The fourth-order valence-corrected chi connectivity index (χ4v) is 1.21. The van der Waals surface area contributed by atoms with Crippen molar-refractivity contribution in [2.75, 3.05) is 11.5 Å². The maximum Gasteiger partial charge on any atom is 1.00 e. The second-order valence-corrected chi connectivity index (χ2v) is 2.96. The number of carboxylic acids is 1. The average Bonchev–Trinajstić information content (AvgIpc) is 1.80. The van der Waals surface area contributed by atoms with Gasteiger partial charge in [-0.1, -0.05) is 6.92 Å². The van der Waals surface area contributed by atoms with Gasteiger partial charge in [0.05, 0.1) is 0 Å². The van der Waals surface area contributed by atoms with Gasteiger partial charge in [-0.2, -0.15) is 11.8 Å². The van der Waals surface area contributed by atoms with E-state index in [1.807, 2.05) is 0 Å². The SMILES string of the molecule is CCCSCCC(=O)[O-].[Li+]. The van der Waals surface area contributed by atoms with E-state index < -0.39 is 5.97 Å². The summed E-state index contributed by atoms with van der Waals surface area (Å²) in [5.41, 5.74) is 0. The van der Waals surface area contributed by atoms with E-state index in [0.717, 1.165) is 12.2 Å². The van der Waals surface area contributed by atoms with Crippen LogP contribution in [-0.4, -0.2) is 17.5 Å². The molecule has 4 heteroatoms. The van der Waals surface area contributed by atoms with Crippen molar-refractivity contribution in [1.82, 2.24) is 0 Å². The normalized spacial score (nSPS) is 8.50. The van der Waals surface area contributed by atoms with E-state index in [4.69, 9.17) is 0 Å². The van der Waals surface area contributed by atoms with E-state index in [2.05, 4.69) is 6.92 Å². The molecule has 10 heavy (non-hydrogen) atoms. The first-order chi connectivity index (χ1) is 4.27. The Bertz CT molecular complexity index is 87.8. The fourth-order valence-electron chi connectivity index (χ4n) is 0.402. The summed E-state index contributed by atoms with van der Waals surface area (Å²) in [6.07, 6.45) is 1.29. The van der Waals surface area contributed by atoms with Crippen LogP contribution in [0.25, 0.3) is 0 Å². The van der Waals surface area contributed by atoms with Crippen molar-refractivity contribution in [2.24, 2.45) is 0 Å². The first kappa shape index (κ1) is 13.0. The monoisotopic (exact) mass is 154 g/mol. The first-order valence-corrected chi connectivity index (χ1v) is 4.20. The van der Waals surface area contributed by atoms with Crippen LogP contribution in [0.3, 0.4) is 0 Å². The molecule has 0 aromatic carbocycles. The number of rotatable bonds is 5. The van der Waals surface area contributed by atoms with E-state index in [9.17, 15) is 9.90 Å². The Morgan fingerprint density at radius 2 is 2.10 bits per heavy atom. The van der Waals surface area contributed by atoms with Crippen molar-refractivity contribution in [3.63, 3.8) is 0 Å². The third-order valence-corrected chi connectivity index (χ3v) is 1.99. The summed E-state index contributed by atoms with van der Waals surface area (Å²) in [5.74, 6) is 0.794. The quantitative estimate of drug-likeness (QED) is 0.319. The van der Waals surface area contributed by atoms with Gasteiger partial charge in [-0.3, -0.25) is 0 Å². The van der Waals surface area contributed by atoms with Gasteiger partial charge in [0, 0.05) is 5.97 Å². The molecule has 0 amide bonds. The van der Waals surface area contributed by atoms with Gasteiger partial charge in [-0.15, -0.1) is 0 Å². The zero-order valence-corrected chi connectivity index (χ0v) is 7.37. The number of carbonyl (C=O) groups is 1. The molecule has 0 aliphatic heterocycles. The molecule has 0 heterocycles. The second-order valence-electron chi connectivity index (χ2n) is 1.73. The molecule has 0 saturated carbocycles. The Kier molecular flexibility index (Phi) is 12.3. The molecule has 0 aliphatic rings. The zero-order chi connectivity index (χ0) is 7.11. The van der Waals surface area contributed by atoms with Gasteiger partial charge in [0.15, 0.2) is 0 Å². The summed E-state index contributed by atoms with van der Waals surface area (Å²) in [6, 6.07) is 0. The van der Waals surface area contributed by atoms with Crippen LogP contribution in [-0.2, 0) is 4.79 Å². The van der Waals surface area contributed by atoms with Gasteiger partial charge < -0.3 is 9.90 Å². The van der Waals surface area contributed by atoms with Crippen LogP contribution >= 0.6 is 11.8 Å². The van der Waals surface area contributed by atoms with Gasteiger partial charge >= 0.3 is 18.9 Å². The number of carboxylic acid groups (broad SMARTS) is 1. The summed E-state index contributed by atoms with van der Waals surface area (Å²) >= 11 is 1.66. The summed E-state index contributed by atoms with van der Waals surface area (Å²) < 4.78 is 0. The van der Waals surface area contributed by atoms with Crippen molar-refractivity contribution >= 4 is 17.7 Å². The van der Waals surface area contributed by atoms with Gasteiger partial charge in [-0.05, 0) is 24.3 Å². The van der Waals surface area contributed by atoms with E-state index >= 15 is 0 Å². The molecule has 0 unspecified atom stereocenters. The van der Waals surface area contributed by atoms with Crippen molar-refractivity contribution < 1.29 is 28.8 Å². The number of hydrogen-bond donors (Lipinski definition) is 0. The molecular formula is C6H11LiO2S. The number of aliphatic carboxylic acids is 1. The van der Waals surface area contributed by atoms with E-state index in [0.29, 0.717) is 5.75 Å². The molecule has 0 radical (unpaired) electrons. The molecule has 0 aliphatic carbocycles. The number of thioether (sulfide) groups is 1. The topological polar surface area (TPSA) is 40.1 Å². The van der Waals surface area contributed by atoms with Crippen molar-refractivity contribution in [1.29, 1.82) is 0 Å². The fraction of sp³-hybridized carbons (Fsp3) is 0.833. The van der Waals surface area contributed by atoms with Crippen LogP contribution < -0.4 is 24.0 Å². The van der Waals surface area contributed by atoms with Crippen molar-refractivity contribution in [3.8, 4) is 0 Å². The van der Waals surface area contributed by atoms with Crippen LogP contribution in [0.15, 0.2) is 0 Å². The van der Waals surface area contributed by atoms with Crippen molar-refractivity contribution in [3.05, 3.63) is 0 Å². The smallest absolute Gasteiger partial charge is 0.550 e. The minimum absolute atomic E-state index is 0. The molecule has 0 aromatic heterocycles. The van der Waals surface area contributed by atoms with Gasteiger partial charge in [0.2, 0.25) is 0 Å². The minimum Gasteiger partial charge on any atom is -0.550 e. The van der Waals surface area contributed by atoms with Crippen LogP contribution in [0.1, 0.15) is 19.8 Å². The number of carbonyl (C=O) groups excluding carboxylic acids is 1. The average molecular weight is 154 g/mol. The molecule has 0 N–H and O–H groups in total. The molecule has 0 fully saturated rings. The molecule has 0 rings (SSSR count). The third-order valence-electron chi connectivity index (χ3n) is 0.799. The van der Waals surface area contributed by atoms with E-state index in [1.54, 1.807) is 11.8 Å². The van der Waals surface area contributed by atoms with E-state index in [1.165, 1.54) is 0 Å². The molecule has 0 atom stereocenters. The Hall–Kier alpha value is 0.417. The van der Waals surface area contributed by atoms with Crippen molar-refractivity contribution in [2.45, 2.75) is 19.8 Å². The minimum atomic E-state index is -0.946. The second kappa shape index (κ2) is 9.42. The van der Waals surface area contributed by atoms with Crippen LogP contribution in [0.2, 0.25) is 0 Å². The third kappa shape index (κ3) is 11.2. The molecule has 0 spiro atoms. The predicted molar refractivity (Wildman–Crippen MR) is 37.2 cm³/mol. The predicted octanol–water partition coefficient (Wildman–Crippen LogP) is -2.73. The van der Waals surface area contributed by atoms with E-state index in [-0.39, 0.29) is 25.3 Å². The summed E-state index contributed by atoms with van der Waals surface area (Å²) in [5, 5.41) is 9.84. The maximum absolute atomic E-state index is 9.84. The van der Waals surface area contributed by atoms with Crippen LogP contribution in [0.5, 0.6) is 0 Å². The summed E-state index contributed by atoms with van der Waals surface area (Å²) in [4.78, 5) is 9.84. The Balaban J connectivity index is 0. The maximum atomic E-state index is 9.84. The van der Waals surface area contributed by atoms with Gasteiger partial charge in [-0.25, -0.2) is 0 Å².